The second-order valence-electron chi connectivity index (χ2n) is 4.35. The van der Waals surface area contributed by atoms with Crippen molar-refractivity contribution in [3.8, 4) is 11.6 Å². The second-order valence-corrected chi connectivity index (χ2v) is 6.13. The Kier molecular flexibility index (Phi) is 4.11. The maximum absolute atomic E-state index is 9.74. The van der Waals surface area contributed by atoms with Gasteiger partial charge in [-0.3, -0.25) is 0 Å². The predicted octanol–water partition coefficient (Wildman–Crippen LogP) is 3.18. The fourth-order valence-corrected chi connectivity index (χ4v) is 2.95. The molecule has 0 atom stereocenters. The molecule has 4 nitrogen and oxygen atoms in total. The second kappa shape index (κ2) is 5.63. The van der Waals surface area contributed by atoms with Gasteiger partial charge >= 0.3 is 0 Å². The molecule has 2 rings (SSSR count). The monoisotopic (exact) mass is 296 g/mol. The number of aromatic nitrogens is 1. The average molecular weight is 296 g/mol. The molecule has 0 bridgehead atoms. The molecule has 1 aromatic heterocycles. The first-order chi connectivity index (χ1) is 9.01. The van der Waals surface area contributed by atoms with Gasteiger partial charge in [0.1, 0.15) is 5.75 Å². The number of aromatic amines is 1. The molecule has 0 aliphatic rings. The van der Waals surface area contributed by atoms with Crippen molar-refractivity contribution in [2.24, 2.45) is 0 Å². The Bertz CT molecular complexity index is 632. The maximum Gasteiger partial charge on any atom is 0.203 e. The van der Waals surface area contributed by atoms with Crippen molar-refractivity contribution < 1.29 is 9.84 Å². The van der Waals surface area contributed by atoms with Crippen LogP contribution >= 0.6 is 23.6 Å². The number of benzene rings is 1. The Hall–Kier alpha value is -1.53. The van der Waals surface area contributed by atoms with Gasteiger partial charge in [-0.25, -0.2) is 0 Å². The van der Waals surface area contributed by atoms with E-state index in [-0.39, 0.29) is 5.88 Å². The van der Waals surface area contributed by atoms with Crippen LogP contribution in [0.4, 0.5) is 5.69 Å². The van der Waals surface area contributed by atoms with Crippen LogP contribution in [0.3, 0.4) is 0 Å². The highest BCUT2D eigenvalue weighted by Gasteiger charge is 2.11. The first-order valence-corrected chi connectivity index (χ1v) is 6.99. The van der Waals surface area contributed by atoms with Gasteiger partial charge in [0.05, 0.1) is 12.0 Å². The summed E-state index contributed by atoms with van der Waals surface area (Å²) in [6.45, 7) is 0. The Morgan fingerprint density at radius 2 is 2.16 bits per heavy atom. The van der Waals surface area contributed by atoms with Crippen LogP contribution < -0.4 is 9.64 Å². The van der Waals surface area contributed by atoms with Gasteiger partial charge in [-0.1, -0.05) is 6.07 Å². The number of rotatable bonds is 4. The van der Waals surface area contributed by atoms with Crippen molar-refractivity contribution in [2.75, 3.05) is 26.1 Å². The fraction of sp³-hybridized carbons (Fsp3) is 0.308. The molecule has 0 aliphatic heterocycles. The van der Waals surface area contributed by atoms with E-state index < -0.39 is 0 Å². The number of thiazole rings is 1. The van der Waals surface area contributed by atoms with E-state index in [9.17, 15) is 5.11 Å². The number of aromatic hydroxyl groups is 1. The van der Waals surface area contributed by atoms with Crippen molar-refractivity contribution in [3.63, 3.8) is 0 Å². The van der Waals surface area contributed by atoms with Crippen molar-refractivity contribution in [3.05, 3.63) is 32.6 Å². The summed E-state index contributed by atoms with van der Waals surface area (Å²) in [5.41, 5.74) is 2.10. The third-order valence-corrected chi connectivity index (χ3v) is 4.06. The summed E-state index contributed by atoms with van der Waals surface area (Å²) in [5.74, 6) is 0.957. The lowest BCUT2D eigenvalue weighted by Gasteiger charge is -2.15. The highest BCUT2D eigenvalue weighted by atomic mass is 32.1. The Morgan fingerprint density at radius 3 is 2.68 bits per heavy atom. The number of hydrogen-bond acceptors (Lipinski definition) is 5. The zero-order valence-corrected chi connectivity index (χ0v) is 12.7. The number of H-pyrrole nitrogens is 1. The number of nitrogens with one attached hydrogen (secondary N) is 1. The van der Waals surface area contributed by atoms with E-state index in [0.717, 1.165) is 21.9 Å². The van der Waals surface area contributed by atoms with E-state index in [1.165, 1.54) is 11.3 Å². The molecule has 0 fully saturated rings. The topological polar surface area (TPSA) is 48.5 Å². The highest BCUT2D eigenvalue weighted by Crippen LogP contribution is 2.30. The van der Waals surface area contributed by atoms with Gasteiger partial charge < -0.3 is 19.7 Å². The largest absolute Gasteiger partial charge is 0.496 e. The quantitative estimate of drug-likeness (QED) is 0.851. The van der Waals surface area contributed by atoms with Crippen LogP contribution in [0.5, 0.6) is 11.6 Å². The minimum Gasteiger partial charge on any atom is -0.496 e. The number of nitrogens with zero attached hydrogens (tertiary/aromatic N) is 1. The van der Waals surface area contributed by atoms with Crippen LogP contribution in [0.2, 0.25) is 0 Å². The van der Waals surface area contributed by atoms with Crippen molar-refractivity contribution in [2.45, 2.75) is 6.42 Å². The predicted molar refractivity (Wildman–Crippen MR) is 81.3 cm³/mol. The SMILES string of the molecule is COc1cc(N(C)C)ccc1Cc1sc(=S)[nH]c1O. The van der Waals surface area contributed by atoms with Crippen LogP contribution in [0.15, 0.2) is 18.2 Å². The summed E-state index contributed by atoms with van der Waals surface area (Å²) >= 11 is 6.40. The first kappa shape index (κ1) is 13.9. The molecule has 0 unspecified atom stereocenters. The van der Waals surface area contributed by atoms with E-state index in [1.54, 1.807) is 7.11 Å². The first-order valence-electron chi connectivity index (χ1n) is 5.76. The molecule has 1 aromatic carbocycles. The zero-order chi connectivity index (χ0) is 14.0. The molecule has 1 heterocycles. The molecule has 0 spiro atoms. The smallest absolute Gasteiger partial charge is 0.203 e. The summed E-state index contributed by atoms with van der Waals surface area (Å²) in [5, 5.41) is 9.74. The minimum atomic E-state index is 0.147. The standard InChI is InChI=1S/C13H16N2O2S2/c1-15(2)9-5-4-8(10(7-9)17-3)6-11-12(16)14-13(18)19-11/h4-5,7,16H,6H2,1-3H3,(H,14,18). The molecule has 102 valence electrons. The maximum atomic E-state index is 9.74. The van der Waals surface area contributed by atoms with Crippen LogP contribution in [0, 0.1) is 3.95 Å². The lowest BCUT2D eigenvalue weighted by Crippen LogP contribution is -2.09. The lowest BCUT2D eigenvalue weighted by molar-refractivity contribution is 0.410. The summed E-state index contributed by atoms with van der Waals surface area (Å²) in [4.78, 5) is 5.57. The number of methoxy groups -OCH3 is 1. The normalized spacial score (nSPS) is 10.5. The van der Waals surface area contributed by atoms with E-state index in [4.69, 9.17) is 17.0 Å². The molecule has 0 saturated heterocycles. The van der Waals surface area contributed by atoms with Crippen LogP contribution in [-0.4, -0.2) is 31.3 Å². The third kappa shape index (κ3) is 3.08. The number of anilines is 1. The number of ether oxygens (including phenoxy) is 1. The molecular formula is C13H16N2O2S2. The van der Waals surface area contributed by atoms with Gasteiger partial charge in [-0.15, -0.1) is 11.3 Å². The molecule has 0 saturated carbocycles. The van der Waals surface area contributed by atoms with E-state index >= 15 is 0 Å². The highest BCUT2D eigenvalue weighted by molar-refractivity contribution is 7.73. The van der Waals surface area contributed by atoms with Crippen LogP contribution in [-0.2, 0) is 6.42 Å². The van der Waals surface area contributed by atoms with Gasteiger partial charge in [-0.2, -0.15) is 0 Å². The Balaban J connectivity index is 2.34. The zero-order valence-electron chi connectivity index (χ0n) is 11.1. The van der Waals surface area contributed by atoms with Gasteiger partial charge in [0, 0.05) is 32.3 Å². The molecule has 6 heteroatoms. The molecular weight excluding hydrogens is 280 g/mol. The molecule has 0 radical (unpaired) electrons. The fourth-order valence-electron chi connectivity index (χ4n) is 1.80. The van der Waals surface area contributed by atoms with Crippen molar-refractivity contribution in [1.82, 2.24) is 4.98 Å². The van der Waals surface area contributed by atoms with Gasteiger partial charge in [0.25, 0.3) is 0 Å². The minimum absolute atomic E-state index is 0.147. The van der Waals surface area contributed by atoms with E-state index in [0.29, 0.717) is 10.4 Å². The summed E-state index contributed by atoms with van der Waals surface area (Å²) < 4.78 is 6.00. The van der Waals surface area contributed by atoms with Crippen LogP contribution in [0.1, 0.15) is 10.4 Å². The lowest BCUT2D eigenvalue weighted by atomic mass is 10.1. The number of hydrogen-bond donors (Lipinski definition) is 2. The molecule has 0 aliphatic carbocycles. The Labute approximate surface area is 121 Å². The van der Waals surface area contributed by atoms with Crippen molar-refractivity contribution in [1.29, 1.82) is 0 Å². The average Bonchev–Trinajstić information content (AvgIpc) is 2.68. The summed E-state index contributed by atoms with van der Waals surface area (Å²) in [6.07, 6.45) is 0.598. The van der Waals surface area contributed by atoms with Crippen molar-refractivity contribution >= 4 is 29.2 Å². The van der Waals surface area contributed by atoms with Crippen LogP contribution in [0.25, 0.3) is 0 Å². The summed E-state index contributed by atoms with van der Waals surface area (Å²) in [7, 11) is 5.62. The summed E-state index contributed by atoms with van der Waals surface area (Å²) in [6, 6.07) is 6.02. The molecule has 2 aromatic rings. The third-order valence-electron chi connectivity index (χ3n) is 2.84. The molecule has 0 amide bonds. The van der Waals surface area contributed by atoms with E-state index in [1.807, 2.05) is 37.2 Å². The van der Waals surface area contributed by atoms with Gasteiger partial charge in [-0.05, 0) is 23.8 Å². The molecule has 2 N–H and O–H groups in total. The van der Waals surface area contributed by atoms with Gasteiger partial charge in [0.2, 0.25) is 5.88 Å². The Morgan fingerprint density at radius 1 is 1.42 bits per heavy atom. The van der Waals surface area contributed by atoms with E-state index in [2.05, 4.69) is 4.98 Å². The molecule has 19 heavy (non-hydrogen) atoms. The van der Waals surface area contributed by atoms with Gasteiger partial charge in [0.15, 0.2) is 3.95 Å².